The van der Waals surface area contributed by atoms with Gasteiger partial charge in [-0.1, -0.05) is 30.3 Å². The molecule has 0 aliphatic heterocycles. The molecule has 41 heavy (non-hydrogen) atoms. The van der Waals surface area contributed by atoms with Crippen molar-refractivity contribution in [1.29, 1.82) is 0 Å². The van der Waals surface area contributed by atoms with Crippen LogP contribution in [0.3, 0.4) is 0 Å². The summed E-state index contributed by atoms with van der Waals surface area (Å²) in [5, 5.41) is 10.7. The molecule has 3 N–H and O–H groups in total. The maximum absolute atomic E-state index is 12.0. The predicted octanol–water partition coefficient (Wildman–Crippen LogP) is 2.65. The van der Waals surface area contributed by atoms with E-state index in [2.05, 4.69) is 14.2 Å². The molecule has 1 atom stereocenters. The summed E-state index contributed by atoms with van der Waals surface area (Å²) in [4.78, 5) is 39.1. The molecule has 0 saturated heterocycles. The number of esters is 2. The summed E-state index contributed by atoms with van der Waals surface area (Å²) in [6.45, 7) is 5.50. The van der Waals surface area contributed by atoms with E-state index < -0.39 is 32.0 Å². The molecular formula is C28H33AsN2O10. The van der Waals surface area contributed by atoms with Crippen molar-refractivity contribution in [3.63, 3.8) is 0 Å². The molecule has 220 valence electrons. The van der Waals surface area contributed by atoms with Crippen molar-refractivity contribution < 1.29 is 45.6 Å². The molecular weight excluding hydrogens is 599 g/mol. The van der Waals surface area contributed by atoms with Crippen molar-refractivity contribution in [3.8, 4) is 5.75 Å². The molecule has 3 aromatic rings. The van der Waals surface area contributed by atoms with Crippen LogP contribution in [-0.4, -0.2) is 59.6 Å². The van der Waals surface area contributed by atoms with Crippen LogP contribution in [0, 0.1) is 5.92 Å². The van der Waals surface area contributed by atoms with E-state index in [1.807, 2.05) is 30.3 Å². The van der Waals surface area contributed by atoms with E-state index in [9.17, 15) is 22.2 Å². The normalized spacial score (nSPS) is 11.9. The fraction of sp³-hybridized carbons (Fsp3) is 0.286. The second-order valence-corrected chi connectivity index (χ2v) is 11.9. The van der Waals surface area contributed by atoms with Crippen LogP contribution >= 0.6 is 0 Å². The summed E-state index contributed by atoms with van der Waals surface area (Å²) in [5.41, 5.74) is 1.80. The van der Waals surface area contributed by atoms with E-state index in [0.717, 1.165) is 5.56 Å². The topological polar surface area (TPSA) is 171 Å². The number of carbonyl (C=O) groups excluding carboxylic acids is 3. The first-order valence-electron chi connectivity index (χ1n) is 12.6. The molecule has 2 aromatic carbocycles. The Hall–Kier alpha value is -3.96. The number of ether oxygens (including phenoxy) is 3. The molecule has 13 heteroatoms. The molecule has 12 nitrogen and oxygen atoms in total. The molecule has 3 rings (SSSR count). The maximum atomic E-state index is 12.0. The van der Waals surface area contributed by atoms with Gasteiger partial charge in [-0.3, -0.25) is 14.6 Å². The number of benzene rings is 2. The van der Waals surface area contributed by atoms with Crippen LogP contribution in [0.25, 0.3) is 0 Å². The van der Waals surface area contributed by atoms with Crippen LogP contribution in [0.1, 0.15) is 32.0 Å². The Morgan fingerprint density at radius 3 is 2.07 bits per heavy atom. The number of amides is 1. The summed E-state index contributed by atoms with van der Waals surface area (Å²) >= 11 is -4.92. The first-order chi connectivity index (χ1) is 19.6. The summed E-state index contributed by atoms with van der Waals surface area (Å²) in [6, 6.07) is 19.1. The SMILES string of the molecule is CC(=O)Nc1ccccc1[As](=O)(O)OO.CCOC(=O)C(Cc1ccc(OCc2ccccc2)cn1)C(=O)OCC. The molecule has 0 fully saturated rings. The van der Waals surface area contributed by atoms with Gasteiger partial charge in [0.05, 0.1) is 19.4 Å². The number of hydrogen-bond donors (Lipinski definition) is 3. The molecule has 1 amide bonds. The fourth-order valence-electron chi connectivity index (χ4n) is 3.38. The monoisotopic (exact) mass is 632 g/mol. The number of nitrogens with one attached hydrogen (secondary N) is 1. The van der Waals surface area contributed by atoms with Gasteiger partial charge in [-0.25, -0.2) is 0 Å². The van der Waals surface area contributed by atoms with Gasteiger partial charge in [-0.2, -0.15) is 0 Å². The number of para-hydroxylation sites is 1. The zero-order chi connectivity index (χ0) is 30.3. The van der Waals surface area contributed by atoms with Gasteiger partial charge in [0.15, 0.2) is 5.92 Å². The van der Waals surface area contributed by atoms with Crippen molar-refractivity contribution in [2.45, 2.75) is 33.8 Å². The second kappa shape index (κ2) is 17.0. The Balaban J connectivity index is 0.000000333. The summed E-state index contributed by atoms with van der Waals surface area (Å²) < 4.78 is 39.7. The van der Waals surface area contributed by atoms with Gasteiger partial charge >= 0.3 is 100 Å². The van der Waals surface area contributed by atoms with Gasteiger partial charge < -0.3 is 14.2 Å². The van der Waals surface area contributed by atoms with Gasteiger partial charge in [0, 0.05) is 12.1 Å². The predicted molar refractivity (Wildman–Crippen MR) is 148 cm³/mol. The largest absolute Gasteiger partial charge is 0.487 e. The van der Waals surface area contributed by atoms with E-state index in [-0.39, 0.29) is 35.6 Å². The number of aromatic nitrogens is 1. The number of anilines is 1. The number of hydrogen-bond acceptors (Lipinski definition) is 10. The smallest absolute Gasteiger partial charge is 0.320 e. The number of nitrogens with zero attached hydrogens (tertiary/aromatic N) is 1. The number of rotatable bonds is 12. The van der Waals surface area contributed by atoms with Gasteiger partial charge in [-0.15, -0.1) is 0 Å². The number of carbonyl (C=O) groups is 3. The Labute approximate surface area is 240 Å². The van der Waals surface area contributed by atoms with Crippen LogP contribution in [0.15, 0.2) is 72.9 Å². The van der Waals surface area contributed by atoms with Crippen molar-refractivity contribution in [2.24, 2.45) is 5.92 Å². The minimum absolute atomic E-state index is 0.103. The molecule has 0 bridgehead atoms. The number of pyridine rings is 1. The van der Waals surface area contributed by atoms with E-state index in [4.69, 9.17) is 19.5 Å². The molecule has 0 radical (unpaired) electrons. The van der Waals surface area contributed by atoms with Crippen molar-refractivity contribution >= 4 is 42.1 Å². The Morgan fingerprint density at radius 1 is 0.927 bits per heavy atom. The minimum atomic E-state index is -4.92. The molecule has 1 heterocycles. The quantitative estimate of drug-likeness (QED) is 0.0882. The average molecular weight is 632 g/mol. The zero-order valence-electron chi connectivity index (χ0n) is 22.9. The summed E-state index contributed by atoms with van der Waals surface area (Å²) in [5.74, 6) is -1.98. The molecule has 1 unspecified atom stereocenters. The van der Waals surface area contributed by atoms with Gasteiger partial charge in [0.25, 0.3) is 0 Å². The third-order valence-electron chi connectivity index (χ3n) is 5.23. The Bertz CT molecular complexity index is 1300. The van der Waals surface area contributed by atoms with Crippen LogP contribution in [-0.2, 0) is 44.5 Å². The second-order valence-electron chi connectivity index (χ2n) is 8.32. The summed E-state index contributed by atoms with van der Waals surface area (Å²) in [6.07, 6.45) is 1.70. The van der Waals surface area contributed by atoms with Gasteiger partial charge in [0.2, 0.25) is 0 Å². The van der Waals surface area contributed by atoms with E-state index >= 15 is 0 Å². The molecule has 0 aliphatic carbocycles. The van der Waals surface area contributed by atoms with Gasteiger partial charge in [0.1, 0.15) is 12.4 Å². The van der Waals surface area contributed by atoms with E-state index in [0.29, 0.717) is 18.1 Å². The maximum Gasteiger partial charge on any atom is 0.320 e. The molecule has 1 aromatic heterocycles. The Kier molecular flexibility index (Phi) is 13.8. The first kappa shape index (κ1) is 33.2. The molecule has 0 saturated carbocycles. The third kappa shape index (κ3) is 11.2. The van der Waals surface area contributed by atoms with E-state index in [1.54, 1.807) is 38.2 Å². The van der Waals surface area contributed by atoms with Crippen molar-refractivity contribution in [3.05, 3.63) is 84.2 Å². The summed E-state index contributed by atoms with van der Waals surface area (Å²) in [7, 11) is 0. The fourth-order valence-corrected chi connectivity index (χ4v) is 5.05. The van der Waals surface area contributed by atoms with Crippen LogP contribution in [0.4, 0.5) is 5.69 Å². The van der Waals surface area contributed by atoms with Crippen LogP contribution in [0.2, 0.25) is 0 Å². The minimum Gasteiger partial charge on any atom is -0.487 e. The molecule has 0 aliphatic rings. The first-order valence-corrected chi connectivity index (χ1v) is 15.9. The standard InChI is InChI=1S/C20H23NO5.C8H10AsNO5/c1-3-24-19(22)18(20(23)25-4-2)12-16-10-11-17(13-21-16)26-14-15-8-6-5-7-9-15;1-6(11)10-8-5-3-2-4-7(8)9(12,13)15-14/h5-11,13,18H,3-4,12,14H2,1-2H3;2-5,14H,1H3,(H,10,11)(H,12,13). The van der Waals surface area contributed by atoms with Crippen molar-refractivity contribution in [1.82, 2.24) is 4.98 Å². The van der Waals surface area contributed by atoms with Crippen LogP contribution in [0.5, 0.6) is 5.75 Å². The van der Waals surface area contributed by atoms with Crippen molar-refractivity contribution in [2.75, 3.05) is 18.5 Å². The Morgan fingerprint density at radius 2 is 1.54 bits per heavy atom. The van der Waals surface area contributed by atoms with E-state index in [1.165, 1.54) is 25.1 Å². The third-order valence-corrected chi connectivity index (χ3v) is 7.79. The van der Waals surface area contributed by atoms with Crippen LogP contribution < -0.4 is 14.4 Å². The average Bonchev–Trinajstić information content (AvgIpc) is 2.96. The van der Waals surface area contributed by atoms with Gasteiger partial charge in [-0.05, 0) is 31.5 Å². The molecule has 0 spiro atoms. The zero-order valence-corrected chi connectivity index (χ0v) is 24.8.